The Morgan fingerprint density at radius 1 is 1.14 bits per heavy atom. The van der Waals surface area contributed by atoms with Crippen LogP contribution < -0.4 is 15.5 Å². The van der Waals surface area contributed by atoms with Crippen molar-refractivity contribution >= 4 is 40.5 Å². The van der Waals surface area contributed by atoms with Crippen LogP contribution in [0, 0.1) is 10.1 Å². The fourth-order valence-electron chi connectivity index (χ4n) is 3.30. The molecule has 0 aliphatic carbocycles. The van der Waals surface area contributed by atoms with Gasteiger partial charge in [-0.3, -0.25) is 19.7 Å². The van der Waals surface area contributed by atoms with Crippen LogP contribution in [-0.4, -0.2) is 36.4 Å². The van der Waals surface area contributed by atoms with Crippen molar-refractivity contribution in [2.24, 2.45) is 0 Å². The Bertz CT molecular complexity index is 957. The van der Waals surface area contributed by atoms with Gasteiger partial charge in [0.1, 0.15) is 5.69 Å². The highest BCUT2D eigenvalue weighted by molar-refractivity contribution is 6.31. The van der Waals surface area contributed by atoms with Crippen LogP contribution in [0.4, 0.5) is 17.1 Å². The van der Waals surface area contributed by atoms with Gasteiger partial charge in [-0.2, -0.15) is 0 Å². The van der Waals surface area contributed by atoms with Crippen LogP contribution in [0.25, 0.3) is 0 Å². The number of carbonyl (C=O) groups excluding carboxylic acids is 2. The highest BCUT2D eigenvalue weighted by atomic mass is 35.5. The molecule has 1 heterocycles. The zero-order chi connectivity index (χ0) is 21.0. The molecule has 1 aliphatic heterocycles. The summed E-state index contributed by atoms with van der Waals surface area (Å²) in [6.45, 7) is 3.71. The average Bonchev–Trinajstić information content (AvgIpc) is 3.23. The first-order valence-corrected chi connectivity index (χ1v) is 9.71. The van der Waals surface area contributed by atoms with Crippen LogP contribution in [0.5, 0.6) is 0 Å². The van der Waals surface area contributed by atoms with E-state index in [4.69, 9.17) is 11.6 Å². The van der Waals surface area contributed by atoms with E-state index in [0.29, 0.717) is 17.3 Å². The van der Waals surface area contributed by atoms with Crippen molar-refractivity contribution in [3.63, 3.8) is 0 Å². The van der Waals surface area contributed by atoms with Crippen LogP contribution in [0.3, 0.4) is 0 Å². The van der Waals surface area contributed by atoms with E-state index in [0.717, 1.165) is 25.9 Å². The van der Waals surface area contributed by atoms with E-state index < -0.39 is 10.8 Å². The maximum atomic E-state index is 12.7. The standard InChI is InChI=1S/C20H21ClN4O4/c1-2-22-20(27)15-12-14(21)6-7-16(15)23-19(26)13-5-8-17(18(11-13)25(28)29)24-9-3-4-10-24/h5-8,11-12H,2-4,9-10H2,1H3,(H,22,27)(H,23,26). The van der Waals surface area contributed by atoms with E-state index in [1.54, 1.807) is 25.1 Å². The van der Waals surface area contributed by atoms with Gasteiger partial charge < -0.3 is 15.5 Å². The number of rotatable bonds is 6. The van der Waals surface area contributed by atoms with Gasteiger partial charge in [0.05, 0.1) is 16.2 Å². The molecule has 0 bridgehead atoms. The summed E-state index contributed by atoms with van der Waals surface area (Å²) in [6.07, 6.45) is 1.97. The van der Waals surface area contributed by atoms with Gasteiger partial charge >= 0.3 is 0 Å². The summed E-state index contributed by atoms with van der Waals surface area (Å²) in [4.78, 5) is 38.0. The number of anilines is 2. The number of benzene rings is 2. The first-order valence-electron chi connectivity index (χ1n) is 9.33. The molecule has 0 saturated carbocycles. The largest absolute Gasteiger partial charge is 0.366 e. The third-order valence-corrected chi connectivity index (χ3v) is 4.93. The Hall–Kier alpha value is -3.13. The number of hydrogen-bond acceptors (Lipinski definition) is 5. The number of nitro benzene ring substituents is 1. The molecular formula is C20H21ClN4O4. The number of halogens is 1. The molecule has 0 unspecified atom stereocenters. The predicted octanol–water partition coefficient (Wildman–Crippen LogP) is 3.85. The highest BCUT2D eigenvalue weighted by Gasteiger charge is 2.24. The SMILES string of the molecule is CCNC(=O)c1cc(Cl)ccc1NC(=O)c1ccc(N2CCCC2)c([N+](=O)[O-])c1. The van der Waals surface area contributed by atoms with Gasteiger partial charge in [0.25, 0.3) is 17.5 Å². The summed E-state index contributed by atoms with van der Waals surface area (Å²) in [6, 6.07) is 8.96. The molecule has 2 aromatic rings. The minimum absolute atomic E-state index is 0.111. The smallest absolute Gasteiger partial charge is 0.293 e. The quantitative estimate of drug-likeness (QED) is 0.549. The lowest BCUT2D eigenvalue weighted by atomic mass is 10.1. The Labute approximate surface area is 173 Å². The first kappa shape index (κ1) is 20.6. The zero-order valence-electron chi connectivity index (χ0n) is 15.9. The number of nitrogens with one attached hydrogen (secondary N) is 2. The highest BCUT2D eigenvalue weighted by Crippen LogP contribution is 2.32. The van der Waals surface area contributed by atoms with Crippen molar-refractivity contribution in [3.05, 3.63) is 62.7 Å². The average molecular weight is 417 g/mol. The molecule has 2 aromatic carbocycles. The molecule has 2 N–H and O–H groups in total. The van der Waals surface area contributed by atoms with Crippen LogP contribution >= 0.6 is 11.6 Å². The summed E-state index contributed by atoms with van der Waals surface area (Å²) in [7, 11) is 0. The van der Waals surface area contributed by atoms with Gasteiger partial charge in [-0.15, -0.1) is 0 Å². The van der Waals surface area contributed by atoms with E-state index in [9.17, 15) is 19.7 Å². The van der Waals surface area contributed by atoms with Crippen molar-refractivity contribution in [1.29, 1.82) is 0 Å². The van der Waals surface area contributed by atoms with Crippen molar-refractivity contribution in [2.75, 3.05) is 29.9 Å². The van der Waals surface area contributed by atoms with Gasteiger partial charge in [0.15, 0.2) is 0 Å². The molecule has 3 rings (SSSR count). The first-order chi connectivity index (χ1) is 13.9. The topological polar surface area (TPSA) is 105 Å². The van der Waals surface area contributed by atoms with E-state index in [2.05, 4.69) is 10.6 Å². The van der Waals surface area contributed by atoms with Crippen LogP contribution in [0.15, 0.2) is 36.4 Å². The second kappa shape index (κ2) is 8.91. The van der Waals surface area contributed by atoms with Crippen molar-refractivity contribution in [1.82, 2.24) is 5.32 Å². The molecule has 0 aromatic heterocycles. The molecule has 0 atom stereocenters. The van der Waals surface area contributed by atoms with Crippen LogP contribution in [0.2, 0.25) is 5.02 Å². The second-order valence-electron chi connectivity index (χ2n) is 6.66. The summed E-state index contributed by atoms with van der Waals surface area (Å²) in [5, 5.41) is 17.2. The molecule has 1 aliphatic rings. The number of nitro groups is 1. The van der Waals surface area contributed by atoms with E-state index in [1.807, 2.05) is 4.90 Å². The Morgan fingerprint density at radius 3 is 2.52 bits per heavy atom. The lowest BCUT2D eigenvalue weighted by molar-refractivity contribution is -0.384. The van der Waals surface area contributed by atoms with Gasteiger partial charge in [0.2, 0.25) is 0 Å². The monoisotopic (exact) mass is 416 g/mol. The third-order valence-electron chi connectivity index (χ3n) is 4.69. The molecule has 152 valence electrons. The molecule has 1 saturated heterocycles. The summed E-state index contributed by atoms with van der Waals surface area (Å²) >= 11 is 5.98. The maximum Gasteiger partial charge on any atom is 0.293 e. The summed E-state index contributed by atoms with van der Waals surface area (Å²) in [5.41, 5.74) is 1.03. The molecular weight excluding hydrogens is 396 g/mol. The molecule has 0 spiro atoms. The number of amides is 2. The van der Waals surface area contributed by atoms with Gasteiger partial charge in [0, 0.05) is 36.3 Å². The summed E-state index contributed by atoms with van der Waals surface area (Å²) in [5.74, 6) is -0.922. The molecule has 2 amide bonds. The van der Waals surface area contributed by atoms with Gasteiger partial charge in [-0.1, -0.05) is 11.6 Å². The lowest BCUT2D eigenvalue weighted by Crippen LogP contribution is -2.25. The Kier molecular flexibility index (Phi) is 6.33. The fraction of sp³-hybridized carbons (Fsp3) is 0.300. The fourth-order valence-corrected chi connectivity index (χ4v) is 3.47. The van der Waals surface area contributed by atoms with Crippen molar-refractivity contribution in [3.8, 4) is 0 Å². The van der Waals surface area contributed by atoms with Crippen molar-refractivity contribution < 1.29 is 14.5 Å². The minimum Gasteiger partial charge on any atom is -0.366 e. The third kappa shape index (κ3) is 4.65. The van der Waals surface area contributed by atoms with E-state index >= 15 is 0 Å². The maximum absolute atomic E-state index is 12.7. The van der Waals surface area contributed by atoms with Crippen LogP contribution in [0.1, 0.15) is 40.5 Å². The van der Waals surface area contributed by atoms with E-state index in [1.165, 1.54) is 18.2 Å². The molecule has 29 heavy (non-hydrogen) atoms. The molecule has 0 radical (unpaired) electrons. The number of hydrogen-bond donors (Lipinski definition) is 2. The predicted molar refractivity (Wildman–Crippen MR) is 112 cm³/mol. The zero-order valence-corrected chi connectivity index (χ0v) is 16.7. The molecule has 8 nitrogen and oxygen atoms in total. The van der Waals surface area contributed by atoms with E-state index in [-0.39, 0.29) is 28.4 Å². The molecule has 9 heteroatoms. The Balaban J connectivity index is 1.89. The minimum atomic E-state index is -0.547. The van der Waals surface area contributed by atoms with Crippen molar-refractivity contribution in [2.45, 2.75) is 19.8 Å². The normalized spacial score (nSPS) is 13.2. The van der Waals surface area contributed by atoms with Crippen LogP contribution in [-0.2, 0) is 0 Å². The summed E-state index contributed by atoms with van der Waals surface area (Å²) < 4.78 is 0. The Morgan fingerprint density at radius 2 is 1.86 bits per heavy atom. The second-order valence-corrected chi connectivity index (χ2v) is 7.09. The molecule has 1 fully saturated rings. The number of nitrogens with zero attached hydrogens (tertiary/aromatic N) is 2. The number of carbonyl (C=O) groups is 2. The lowest BCUT2D eigenvalue weighted by Gasteiger charge is -2.18. The van der Waals surface area contributed by atoms with Gasteiger partial charge in [-0.05, 0) is 50.1 Å². The van der Waals surface area contributed by atoms with Gasteiger partial charge in [-0.25, -0.2) is 0 Å².